The Morgan fingerprint density at radius 2 is 1.40 bits per heavy atom. The summed E-state index contributed by atoms with van der Waals surface area (Å²) in [4.78, 5) is 38.5. The van der Waals surface area contributed by atoms with Crippen molar-refractivity contribution in [2.75, 3.05) is 0 Å². The van der Waals surface area contributed by atoms with Gasteiger partial charge in [0.25, 0.3) is 0 Å². The first-order chi connectivity index (χ1) is 18.5. The van der Waals surface area contributed by atoms with Crippen LogP contribution in [0.25, 0.3) is 0 Å². The van der Waals surface area contributed by atoms with Crippen LogP contribution in [-0.2, 0) is 23.9 Å². The predicted octanol–water partition coefficient (Wildman–Crippen LogP) is 7.20. The van der Waals surface area contributed by atoms with E-state index in [1.165, 1.54) is 25.8 Å². The summed E-state index contributed by atoms with van der Waals surface area (Å²) in [6.07, 6.45) is 7.02. The Labute approximate surface area is 241 Å². The van der Waals surface area contributed by atoms with Gasteiger partial charge in [-0.1, -0.05) is 46.8 Å². The number of aliphatic carboxylic acids is 1. The second kappa shape index (κ2) is 9.33. The molecule has 1 N–H and O–H groups in total. The van der Waals surface area contributed by atoms with E-state index in [1.54, 1.807) is 0 Å². The smallest absolute Gasteiger partial charge is 0.310 e. The van der Waals surface area contributed by atoms with Gasteiger partial charge >= 0.3 is 17.9 Å². The number of carboxylic acids is 1. The van der Waals surface area contributed by atoms with Crippen LogP contribution in [0.3, 0.4) is 0 Å². The fraction of sp³-hybridized carbons (Fsp3) is 0.853. The molecule has 5 aliphatic rings. The van der Waals surface area contributed by atoms with E-state index >= 15 is 0 Å². The number of carbonyl (C=O) groups excluding carboxylic acids is 2. The lowest BCUT2D eigenvalue weighted by atomic mass is 9.31. The van der Waals surface area contributed by atoms with Gasteiger partial charge in [-0.05, 0) is 98.7 Å². The summed E-state index contributed by atoms with van der Waals surface area (Å²) < 4.78 is 12.0. The van der Waals surface area contributed by atoms with Crippen LogP contribution in [0.15, 0.2) is 12.2 Å². The maximum atomic E-state index is 13.9. The minimum Gasteiger partial charge on any atom is -0.481 e. The maximum Gasteiger partial charge on any atom is 0.310 e. The molecular weight excluding hydrogens is 504 g/mol. The molecule has 5 saturated carbocycles. The molecule has 6 heteroatoms. The highest BCUT2D eigenvalue weighted by molar-refractivity contribution is 5.77. The van der Waals surface area contributed by atoms with Gasteiger partial charge in [0.05, 0.1) is 5.41 Å². The average Bonchev–Trinajstić information content (AvgIpc) is 3.19. The summed E-state index contributed by atoms with van der Waals surface area (Å²) in [7, 11) is 0. The monoisotopic (exact) mass is 556 g/mol. The minimum atomic E-state index is -0.895. The third kappa shape index (κ3) is 3.75. The molecule has 0 spiro atoms. The number of carboxylic acid groups (broad SMARTS) is 1. The molecule has 40 heavy (non-hydrogen) atoms. The molecule has 0 radical (unpaired) electrons. The van der Waals surface area contributed by atoms with E-state index in [0.29, 0.717) is 30.6 Å². The average molecular weight is 557 g/mol. The molecule has 0 aromatic carbocycles. The molecule has 0 aliphatic heterocycles. The van der Waals surface area contributed by atoms with Gasteiger partial charge in [-0.3, -0.25) is 14.4 Å². The third-order valence-electron chi connectivity index (χ3n) is 13.9. The van der Waals surface area contributed by atoms with Gasteiger partial charge < -0.3 is 14.6 Å². The Morgan fingerprint density at radius 1 is 0.775 bits per heavy atom. The second-order valence-electron chi connectivity index (χ2n) is 15.8. The molecule has 0 amide bonds. The summed E-state index contributed by atoms with van der Waals surface area (Å²) in [6, 6.07) is 0. The molecule has 5 aliphatic carbocycles. The number of allylic oxidation sites excluding steroid dienone is 1. The SMILES string of the molecule is C=C(C)[C@@H]1CC[C@]2(C)CC[C@]3(C)[C@H](CC[C@@H]4[C@@]5(C)[C@H](OC(C)=O)C[C@H](OC(C)=O)C(C)(C)[C@@H]5CC[C@]43C(=O)O)[C@@H]12. The van der Waals surface area contributed by atoms with Crippen LogP contribution < -0.4 is 0 Å². The summed E-state index contributed by atoms with van der Waals surface area (Å²) >= 11 is 0. The van der Waals surface area contributed by atoms with Gasteiger partial charge in [0, 0.05) is 31.1 Å². The largest absolute Gasteiger partial charge is 0.481 e. The first kappa shape index (κ1) is 29.6. The molecule has 0 aromatic heterocycles. The fourth-order valence-corrected chi connectivity index (χ4v) is 12.2. The van der Waals surface area contributed by atoms with E-state index in [0.717, 1.165) is 38.5 Å². The Hall–Kier alpha value is -1.85. The second-order valence-corrected chi connectivity index (χ2v) is 15.8. The predicted molar refractivity (Wildman–Crippen MR) is 153 cm³/mol. The lowest BCUT2D eigenvalue weighted by Gasteiger charge is -2.72. The Morgan fingerprint density at radius 3 is 1.98 bits per heavy atom. The molecule has 5 rings (SSSR count). The van der Waals surface area contributed by atoms with E-state index in [-0.39, 0.29) is 46.1 Å². The van der Waals surface area contributed by atoms with Gasteiger partial charge in [-0.2, -0.15) is 0 Å². The molecule has 0 bridgehead atoms. The molecule has 11 atom stereocenters. The molecule has 0 unspecified atom stereocenters. The molecule has 0 heterocycles. The van der Waals surface area contributed by atoms with Crippen molar-refractivity contribution in [3.63, 3.8) is 0 Å². The van der Waals surface area contributed by atoms with E-state index < -0.39 is 22.9 Å². The van der Waals surface area contributed by atoms with E-state index in [2.05, 4.69) is 48.1 Å². The van der Waals surface area contributed by atoms with Crippen molar-refractivity contribution in [1.82, 2.24) is 0 Å². The molecule has 224 valence electrons. The summed E-state index contributed by atoms with van der Waals surface area (Å²) in [5.41, 5.74) is -0.669. The van der Waals surface area contributed by atoms with Crippen molar-refractivity contribution in [2.45, 2.75) is 125 Å². The van der Waals surface area contributed by atoms with Crippen LogP contribution in [0.4, 0.5) is 0 Å². The van der Waals surface area contributed by atoms with Gasteiger partial charge in [0.1, 0.15) is 12.2 Å². The molecule has 0 aromatic rings. The van der Waals surface area contributed by atoms with Crippen molar-refractivity contribution in [2.24, 2.45) is 56.7 Å². The van der Waals surface area contributed by atoms with E-state index in [9.17, 15) is 19.5 Å². The molecule has 6 nitrogen and oxygen atoms in total. The van der Waals surface area contributed by atoms with Crippen molar-refractivity contribution < 1.29 is 29.0 Å². The van der Waals surface area contributed by atoms with Crippen LogP contribution in [0.5, 0.6) is 0 Å². The summed E-state index contributed by atoms with van der Waals surface area (Å²) in [5.74, 6) is -0.179. The molecule has 0 saturated heterocycles. The summed E-state index contributed by atoms with van der Waals surface area (Å²) in [6.45, 7) is 20.7. The highest BCUT2D eigenvalue weighted by atomic mass is 16.6. The van der Waals surface area contributed by atoms with Gasteiger partial charge in [0.2, 0.25) is 0 Å². The summed E-state index contributed by atoms with van der Waals surface area (Å²) in [5, 5.41) is 11.4. The number of hydrogen-bond acceptors (Lipinski definition) is 5. The van der Waals surface area contributed by atoms with Crippen molar-refractivity contribution in [3.05, 3.63) is 12.2 Å². The number of hydrogen-bond donors (Lipinski definition) is 1. The van der Waals surface area contributed by atoms with Crippen molar-refractivity contribution >= 4 is 17.9 Å². The maximum absolute atomic E-state index is 13.9. The first-order valence-electron chi connectivity index (χ1n) is 15.7. The van der Waals surface area contributed by atoms with Crippen LogP contribution in [-0.4, -0.2) is 35.2 Å². The zero-order valence-corrected chi connectivity index (χ0v) is 26.1. The number of rotatable bonds is 4. The van der Waals surface area contributed by atoms with Crippen molar-refractivity contribution in [3.8, 4) is 0 Å². The third-order valence-corrected chi connectivity index (χ3v) is 13.9. The number of carbonyl (C=O) groups is 3. The van der Waals surface area contributed by atoms with E-state index in [1.807, 2.05) is 0 Å². The topological polar surface area (TPSA) is 89.9 Å². The van der Waals surface area contributed by atoms with E-state index in [4.69, 9.17) is 9.47 Å². The highest BCUT2D eigenvalue weighted by Crippen LogP contribution is 2.78. The van der Waals surface area contributed by atoms with Crippen molar-refractivity contribution in [1.29, 1.82) is 0 Å². The Balaban J connectivity index is 1.64. The quantitative estimate of drug-likeness (QED) is 0.291. The number of fused-ring (bicyclic) bond motifs is 7. The molecular formula is C34H52O6. The fourth-order valence-electron chi connectivity index (χ4n) is 12.2. The van der Waals surface area contributed by atoms with Crippen LogP contribution in [0.2, 0.25) is 0 Å². The van der Waals surface area contributed by atoms with Gasteiger partial charge in [-0.15, -0.1) is 0 Å². The normalized spacial score (nSPS) is 49.0. The van der Waals surface area contributed by atoms with Gasteiger partial charge in [-0.25, -0.2) is 0 Å². The van der Waals surface area contributed by atoms with Crippen LogP contribution >= 0.6 is 0 Å². The number of esters is 2. The minimum absolute atomic E-state index is 0.0589. The highest BCUT2D eigenvalue weighted by Gasteiger charge is 2.76. The standard InChI is InChI=1S/C34H52O6/c1-19(2)22-12-14-31(7)16-17-32(8)23(28(22)31)10-11-25-33(9)24(13-15-34(25,32)29(37)38)30(5,6)26(39-20(3)35)18-27(33)40-21(4)36/h22-28H,1,10-18H2,2-9H3,(H,37,38)/t22-,23+,24-,25+,26-,27+,28+,31+,32+,33-,34+/m0/s1. The van der Waals surface area contributed by atoms with Gasteiger partial charge in [0.15, 0.2) is 0 Å². The zero-order valence-electron chi connectivity index (χ0n) is 26.1. The molecule has 5 fully saturated rings. The zero-order chi connectivity index (χ0) is 29.6. The Bertz CT molecular complexity index is 1110. The lowest BCUT2D eigenvalue weighted by Crippen LogP contribution is -2.72. The number of ether oxygens (including phenoxy) is 2. The first-order valence-corrected chi connectivity index (χ1v) is 15.7. The Kier molecular flexibility index (Phi) is 6.91. The van der Waals surface area contributed by atoms with Crippen LogP contribution in [0, 0.1) is 56.7 Å². The lowest BCUT2D eigenvalue weighted by molar-refractivity contribution is -0.280. The van der Waals surface area contributed by atoms with Crippen LogP contribution in [0.1, 0.15) is 113 Å².